The smallest absolute Gasteiger partial charge is 0.141 e. The number of hydrogen-bond donors (Lipinski definition) is 0. The number of hydrogen-bond acceptors (Lipinski definition) is 3. The second-order valence-electron chi connectivity index (χ2n) is 8.41. The third kappa shape index (κ3) is 2.68. The van der Waals surface area contributed by atoms with E-state index in [1.54, 1.807) is 6.20 Å². The zero-order chi connectivity index (χ0) is 22.6. The van der Waals surface area contributed by atoms with Crippen LogP contribution in [0.3, 0.4) is 0 Å². The molecule has 3 aromatic heterocycles. The van der Waals surface area contributed by atoms with Crippen LogP contribution in [-0.2, 0) is 0 Å². The highest BCUT2D eigenvalue weighted by Crippen LogP contribution is 2.38. The van der Waals surface area contributed by atoms with Crippen molar-refractivity contribution in [2.24, 2.45) is 0 Å². The predicted molar refractivity (Wildman–Crippen MR) is 136 cm³/mol. The van der Waals surface area contributed by atoms with Crippen molar-refractivity contribution in [3.05, 3.63) is 109 Å². The highest BCUT2D eigenvalue weighted by Gasteiger charge is 2.16. The molecule has 0 saturated carbocycles. The number of aromatic nitrogens is 2. The SMILES string of the molecule is N#Cc1cc(-c2cccc(-n3c4ccccc4c4cc5oc6ccccc6c5cc43)c2)ccn1. The van der Waals surface area contributed by atoms with Gasteiger partial charge in [0.1, 0.15) is 22.9 Å². The molecule has 0 saturated heterocycles. The molecule has 0 aliphatic heterocycles. The maximum absolute atomic E-state index is 9.27. The summed E-state index contributed by atoms with van der Waals surface area (Å²) in [6.07, 6.45) is 1.68. The molecule has 0 atom stereocenters. The zero-order valence-corrected chi connectivity index (χ0v) is 18.1. The number of para-hydroxylation sites is 2. The molecule has 158 valence electrons. The zero-order valence-electron chi connectivity index (χ0n) is 18.1. The van der Waals surface area contributed by atoms with E-state index in [1.165, 1.54) is 5.39 Å². The number of fused-ring (bicyclic) bond motifs is 6. The van der Waals surface area contributed by atoms with Gasteiger partial charge in [0.25, 0.3) is 0 Å². The van der Waals surface area contributed by atoms with Gasteiger partial charge in [0.05, 0.1) is 11.0 Å². The van der Waals surface area contributed by atoms with Crippen LogP contribution in [0.2, 0.25) is 0 Å². The molecule has 0 bridgehead atoms. The van der Waals surface area contributed by atoms with Crippen molar-refractivity contribution in [2.75, 3.05) is 0 Å². The summed E-state index contributed by atoms with van der Waals surface area (Å²) in [5.41, 5.74) is 7.54. The minimum absolute atomic E-state index is 0.411. The average molecular weight is 435 g/mol. The van der Waals surface area contributed by atoms with Crippen molar-refractivity contribution in [1.82, 2.24) is 9.55 Å². The molecule has 0 N–H and O–H groups in total. The van der Waals surface area contributed by atoms with Gasteiger partial charge < -0.3 is 8.98 Å². The van der Waals surface area contributed by atoms with E-state index in [0.717, 1.165) is 55.2 Å². The summed E-state index contributed by atoms with van der Waals surface area (Å²) >= 11 is 0. The topological polar surface area (TPSA) is 54.8 Å². The van der Waals surface area contributed by atoms with Gasteiger partial charge in [0.2, 0.25) is 0 Å². The monoisotopic (exact) mass is 435 g/mol. The molecule has 0 aliphatic rings. The van der Waals surface area contributed by atoms with Crippen molar-refractivity contribution in [2.45, 2.75) is 0 Å². The van der Waals surface area contributed by atoms with Crippen LogP contribution in [0.15, 0.2) is 108 Å². The molecule has 34 heavy (non-hydrogen) atoms. The molecule has 4 heteroatoms. The molecule has 3 heterocycles. The lowest BCUT2D eigenvalue weighted by atomic mass is 10.1. The van der Waals surface area contributed by atoms with E-state index in [0.29, 0.717) is 5.69 Å². The number of pyridine rings is 1. The Morgan fingerprint density at radius 1 is 0.647 bits per heavy atom. The number of benzene rings is 4. The standard InChI is InChI=1S/C30H17N3O/c31-18-21-14-20(12-13-32-21)19-6-5-7-22(15-19)33-27-10-3-1-8-23(27)25-17-30-26(16-28(25)33)24-9-2-4-11-29(24)34-30/h1-17H. The first kappa shape index (κ1) is 18.7. The summed E-state index contributed by atoms with van der Waals surface area (Å²) in [6, 6.07) is 35.3. The lowest BCUT2D eigenvalue weighted by molar-refractivity contribution is 0.669. The minimum atomic E-state index is 0.411. The van der Waals surface area contributed by atoms with E-state index in [-0.39, 0.29) is 0 Å². The van der Waals surface area contributed by atoms with Crippen molar-refractivity contribution in [3.8, 4) is 22.9 Å². The molecule has 0 fully saturated rings. The molecular weight excluding hydrogens is 418 g/mol. The van der Waals surface area contributed by atoms with Gasteiger partial charge in [-0.1, -0.05) is 48.5 Å². The number of nitrogens with zero attached hydrogens (tertiary/aromatic N) is 3. The van der Waals surface area contributed by atoms with Crippen LogP contribution in [0.5, 0.6) is 0 Å². The molecule has 7 rings (SSSR count). The number of rotatable bonds is 2. The lowest BCUT2D eigenvalue weighted by Crippen LogP contribution is -1.94. The molecule has 0 amide bonds. The number of furan rings is 1. The van der Waals surface area contributed by atoms with Crippen LogP contribution in [0.25, 0.3) is 60.6 Å². The molecule has 4 nitrogen and oxygen atoms in total. The van der Waals surface area contributed by atoms with Crippen LogP contribution in [0, 0.1) is 11.3 Å². The predicted octanol–water partition coefficient (Wildman–Crippen LogP) is 7.62. The fourth-order valence-corrected chi connectivity index (χ4v) is 4.96. The summed E-state index contributed by atoms with van der Waals surface area (Å²) in [5.74, 6) is 0. The largest absolute Gasteiger partial charge is 0.456 e. The third-order valence-corrected chi connectivity index (χ3v) is 6.48. The Morgan fingerprint density at radius 3 is 2.38 bits per heavy atom. The summed E-state index contributed by atoms with van der Waals surface area (Å²) in [4.78, 5) is 4.11. The second kappa shape index (κ2) is 7.06. The Morgan fingerprint density at radius 2 is 1.47 bits per heavy atom. The molecular formula is C30H17N3O. The second-order valence-corrected chi connectivity index (χ2v) is 8.41. The van der Waals surface area contributed by atoms with Crippen molar-refractivity contribution < 1.29 is 4.42 Å². The van der Waals surface area contributed by atoms with Gasteiger partial charge in [-0.2, -0.15) is 5.26 Å². The average Bonchev–Trinajstić information content (AvgIpc) is 3.42. The van der Waals surface area contributed by atoms with Gasteiger partial charge in [0, 0.05) is 33.4 Å². The third-order valence-electron chi connectivity index (χ3n) is 6.48. The van der Waals surface area contributed by atoms with Crippen LogP contribution in [0.1, 0.15) is 5.69 Å². The lowest BCUT2D eigenvalue weighted by Gasteiger charge is -2.10. The van der Waals surface area contributed by atoms with Gasteiger partial charge >= 0.3 is 0 Å². The summed E-state index contributed by atoms with van der Waals surface area (Å²) < 4.78 is 8.49. The molecule has 0 spiro atoms. The summed E-state index contributed by atoms with van der Waals surface area (Å²) in [7, 11) is 0. The number of nitriles is 1. The van der Waals surface area contributed by atoms with Gasteiger partial charge in [-0.05, 0) is 59.7 Å². The molecule has 7 aromatic rings. The van der Waals surface area contributed by atoms with Crippen LogP contribution in [0.4, 0.5) is 0 Å². The maximum Gasteiger partial charge on any atom is 0.141 e. The normalized spacial score (nSPS) is 11.5. The highest BCUT2D eigenvalue weighted by atomic mass is 16.3. The fraction of sp³-hybridized carbons (Fsp3) is 0. The van der Waals surface area contributed by atoms with E-state index in [4.69, 9.17) is 4.42 Å². The Hall–Kier alpha value is -4.88. The van der Waals surface area contributed by atoms with E-state index < -0.39 is 0 Å². The highest BCUT2D eigenvalue weighted by molar-refractivity contribution is 6.17. The molecule has 0 radical (unpaired) electrons. The first-order valence-corrected chi connectivity index (χ1v) is 11.1. The Labute approximate surface area is 194 Å². The van der Waals surface area contributed by atoms with E-state index >= 15 is 0 Å². The molecule has 4 aromatic carbocycles. The Kier molecular flexibility index (Phi) is 3.88. The summed E-state index contributed by atoms with van der Waals surface area (Å²) in [5, 5.41) is 13.8. The van der Waals surface area contributed by atoms with Crippen LogP contribution >= 0.6 is 0 Å². The quantitative estimate of drug-likeness (QED) is 0.281. The van der Waals surface area contributed by atoms with Gasteiger partial charge in [-0.3, -0.25) is 0 Å². The fourth-order valence-electron chi connectivity index (χ4n) is 4.96. The van der Waals surface area contributed by atoms with E-state index in [9.17, 15) is 5.26 Å². The van der Waals surface area contributed by atoms with E-state index in [2.05, 4.69) is 82.4 Å². The minimum Gasteiger partial charge on any atom is -0.456 e. The van der Waals surface area contributed by atoms with E-state index in [1.807, 2.05) is 30.3 Å². The Bertz CT molecular complexity index is 1930. The molecule has 0 unspecified atom stereocenters. The van der Waals surface area contributed by atoms with Crippen molar-refractivity contribution in [1.29, 1.82) is 5.26 Å². The molecule has 0 aliphatic carbocycles. The Balaban J connectivity index is 1.55. The summed E-state index contributed by atoms with van der Waals surface area (Å²) in [6.45, 7) is 0. The van der Waals surface area contributed by atoms with Gasteiger partial charge in [-0.25, -0.2) is 4.98 Å². The van der Waals surface area contributed by atoms with Crippen molar-refractivity contribution in [3.63, 3.8) is 0 Å². The first-order chi connectivity index (χ1) is 16.8. The maximum atomic E-state index is 9.27. The van der Waals surface area contributed by atoms with Gasteiger partial charge in [0.15, 0.2) is 0 Å². The van der Waals surface area contributed by atoms with Crippen LogP contribution in [-0.4, -0.2) is 9.55 Å². The van der Waals surface area contributed by atoms with Crippen molar-refractivity contribution >= 4 is 43.7 Å². The van der Waals surface area contributed by atoms with Crippen LogP contribution < -0.4 is 0 Å². The first-order valence-electron chi connectivity index (χ1n) is 11.1. The van der Waals surface area contributed by atoms with Gasteiger partial charge in [-0.15, -0.1) is 0 Å².